The molecule has 1 aromatic heterocycles. The zero-order chi connectivity index (χ0) is 23.7. The number of aromatic nitrogens is 1. The standard InChI is InChI=1S/C25H21ClN2O5S/c1-16(17-5-3-2-4-6-17)27-24-25(28-23(33-24)18-7-9-19(26)10-8-18)34(29,30)20-11-12-21-22(15-20)32-14-13-31-21/h2-12,15-16,27H,13-14H2,1H3. The molecule has 7 nitrogen and oxygen atoms in total. The summed E-state index contributed by atoms with van der Waals surface area (Å²) in [4.78, 5) is 4.42. The zero-order valence-corrected chi connectivity index (χ0v) is 19.8. The number of rotatable bonds is 6. The van der Waals surface area contributed by atoms with Gasteiger partial charge in [-0.25, -0.2) is 8.42 Å². The summed E-state index contributed by atoms with van der Waals surface area (Å²) in [5, 5.41) is 3.52. The minimum atomic E-state index is -4.06. The van der Waals surface area contributed by atoms with Gasteiger partial charge in [-0.15, -0.1) is 0 Å². The summed E-state index contributed by atoms with van der Waals surface area (Å²) in [6, 6.07) is 20.7. The number of ether oxygens (including phenoxy) is 2. The predicted octanol–water partition coefficient (Wildman–Crippen LogP) is 5.77. The minimum absolute atomic E-state index is 0.0307. The summed E-state index contributed by atoms with van der Waals surface area (Å²) in [7, 11) is -4.06. The van der Waals surface area contributed by atoms with E-state index in [4.69, 9.17) is 25.5 Å². The van der Waals surface area contributed by atoms with Crippen molar-refractivity contribution in [1.82, 2.24) is 4.98 Å². The molecule has 174 valence electrons. The fraction of sp³-hybridized carbons (Fsp3) is 0.160. The highest BCUT2D eigenvalue weighted by Gasteiger charge is 2.30. The quantitative estimate of drug-likeness (QED) is 0.362. The summed E-state index contributed by atoms with van der Waals surface area (Å²) < 4.78 is 44.4. The van der Waals surface area contributed by atoms with Crippen molar-refractivity contribution in [2.75, 3.05) is 18.5 Å². The molecular weight excluding hydrogens is 476 g/mol. The Labute approximate surface area is 202 Å². The normalized spacial score (nSPS) is 13.9. The van der Waals surface area contributed by atoms with Crippen LogP contribution in [0.4, 0.5) is 5.88 Å². The van der Waals surface area contributed by atoms with E-state index in [-0.39, 0.29) is 27.7 Å². The molecule has 1 aliphatic heterocycles. The van der Waals surface area contributed by atoms with Gasteiger partial charge >= 0.3 is 0 Å². The summed E-state index contributed by atoms with van der Waals surface area (Å²) in [5.74, 6) is 1.09. The largest absolute Gasteiger partial charge is 0.486 e. The molecule has 2 heterocycles. The van der Waals surface area contributed by atoms with E-state index in [0.717, 1.165) is 5.56 Å². The lowest BCUT2D eigenvalue weighted by atomic mass is 10.1. The Morgan fingerprint density at radius 3 is 2.38 bits per heavy atom. The summed E-state index contributed by atoms with van der Waals surface area (Å²) in [6.07, 6.45) is 0. The second-order valence-corrected chi connectivity index (χ2v) is 10.0. The van der Waals surface area contributed by atoms with Crippen LogP contribution in [0.2, 0.25) is 5.02 Å². The molecule has 1 unspecified atom stereocenters. The minimum Gasteiger partial charge on any atom is -0.486 e. The summed E-state index contributed by atoms with van der Waals surface area (Å²) >= 11 is 6.00. The van der Waals surface area contributed by atoms with Gasteiger partial charge in [0, 0.05) is 16.7 Å². The van der Waals surface area contributed by atoms with Gasteiger partial charge in [-0.3, -0.25) is 0 Å². The third-order valence-corrected chi connectivity index (χ3v) is 7.33. The van der Waals surface area contributed by atoms with Gasteiger partial charge < -0.3 is 19.2 Å². The average Bonchev–Trinajstić information content (AvgIpc) is 3.29. The number of sulfone groups is 1. The van der Waals surface area contributed by atoms with Gasteiger partial charge in [-0.05, 0) is 48.9 Å². The molecular formula is C25H21ClN2O5S. The molecule has 0 aliphatic carbocycles. The molecule has 5 rings (SSSR count). The van der Waals surface area contributed by atoms with Gasteiger partial charge in [0.15, 0.2) is 11.5 Å². The van der Waals surface area contributed by atoms with Gasteiger partial charge in [0.05, 0.1) is 10.9 Å². The van der Waals surface area contributed by atoms with Crippen LogP contribution < -0.4 is 14.8 Å². The molecule has 0 spiro atoms. The monoisotopic (exact) mass is 496 g/mol. The Hall–Kier alpha value is -3.49. The van der Waals surface area contributed by atoms with Crippen LogP contribution >= 0.6 is 11.6 Å². The van der Waals surface area contributed by atoms with Gasteiger partial charge in [-0.2, -0.15) is 4.98 Å². The molecule has 0 bridgehead atoms. The van der Waals surface area contributed by atoms with Crippen LogP contribution in [0.1, 0.15) is 18.5 Å². The first-order valence-corrected chi connectivity index (χ1v) is 12.5. The topological polar surface area (TPSA) is 90.7 Å². The highest BCUT2D eigenvalue weighted by Crippen LogP contribution is 2.38. The van der Waals surface area contributed by atoms with Crippen molar-refractivity contribution in [2.45, 2.75) is 22.9 Å². The predicted molar refractivity (Wildman–Crippen MR) is 128 cm³/mol. The first kappa shape index (κ1) is 22.3. The third kappa shape index (κ3) is 4.34. The smallest absolute Gasteiger partial charge is 0.234 e. The first-order valence-electron chi connectivity index (χ1n) is 10.6. The molecule has 4 aromatic rings. The molecule has 34 heavy (non-hydrogen) atoms. The SMILES string of the molecule is CC(Nc1oc(-c2ccc(Cl)cc2)nc1S(=O)(=O)c1ccc2c(c1)OCCO2)c1ccccc1. The van der Waals surface area contributed by atoms with E-state index in [1.165, 1.54) is 12.1 Å². The maximum absolute atomic E-state index is 13.7. The molecule has 1 atom stereocenters. The molecule has 1 aliphatic rings. The van der Waals surface area contributed by atoms with Gasteiger partial charge in [-0.1, -0.05) is 41.9 Å². The lowest BCUT2D eigenvalue weighted by Gasteiger charge is -2.19. The van der Waals surface area contributed by atoms with E-state index < -0.39 is 9.84 Å². The van der Waals surface area contributed by atoms with E-state index in [9.17, 15) is 8.42 Å². The van der Waals surface area contributed by atoms with Crippen LogP contribution in [-0.2, 0) is 9.84 Å². The van der Waals surface area contributed by atoms with Crippen molar-refractivity contribution in [3.05, 3.63) is 83.4 Å². The number of hydrogen-bond acceptors (Lipinski definition) is 7. The van der Waals surface area contributed by atoms with E-state index >= 15 is 0 Å². The Morgan fingerprint density at radius 2 is 1.65 bits per heavy atom. The average molecular weight is 497 g/mol. The molecule has 0 radical (unpaired) electrons. The molecule has 0 fully saturated rings. The Kier molecular flexibility index (Phi) is 5.93. The van der Waals surface area contributed by atoms with Crippen LogP contribution in [0, 0.1) is 0 Å². The van der Waals surface area contributed by atoms with Crippen molar-refractivity contribution in [3.63, 3.8) is 0 Å². The lowest BCUT2D eigenvalue weighted by Crippen LogP contribution is -2.16. The molecule has 9 heteroatoms. The zero-order valence-electron chi connectivity index (χ0n) is 18.2. The first-order chi connectivity index (χ1) is 16.4. The maximum Gasteiger partial charge on any atom is 0.234 e. The van der Waals surface area contributed by atoms with Crippen molar-refractivity contribution >= 4 is 27.3 Å². The molecule has 3 aromatic carbocycles. The number of fused-ring (bicyclic) bond motifs is 1. The molecule has 1 N–H and O–H groups in total. The second-order valence-electron chi connectivity index (χ2n) is 7.75. The number of anilines is 1. The summed E-state index contributed by atoms with van der Waals surface area (Å²) in [5.41, 5.74) is 1.57. The van der Waals surface area contributed by atoms with Crippen molar-refractivity contribution in [3.8, 4) is 23.0 Å². The highest BCUT2D eigenvalue weighted by atomic mass is 35.5. The van der Waals surface area contributed by atoms with Gasteiger partial charge in [0.25, 0.3) is 0 Å². The number of halogens is 1. The number of hydrogen-bond donors (Lipinski definition) is 1. The van der Waals surface area contributed by atoms with Crippen molar-refractivity contribution in [1.29, 1.82) is 0 Å². The number of oxazole rings is 1. The summed E-state index contributed by atoms with van der Waals surface area (Å²) in [6.45, 7) is 2.68. The van der Waals surface area contributed by atoms with Gasteiger partial charge in [0.1, 0.15) is 13.2 Å². The van der Waals surface area contributed by atoms with E-state index in [2.05, 4.69) is 10.3 Å². The van der Waals surface area contributed by atoms with Crippen molar-refractivity contribution < 1.29 is 22.3 Å². The fourth-order valence-electron chi connectivity index (χ4n) is 3.62. The Balaban J connectivity index is 1.58. The number of nitrogens with one attached hydrogen (secondary N) is 1. The van der Waals surface area contributed by atoms with Crippen LogP contribution in [0.15, 0.2) is 87.1 Å². The maximum atomic E-state index is 13.7. The Bertz CT molecular complexity index is 1420. The highest BCUT2D eigenvalue weighted by molar-refractivity contribution is 7.91. The van der Waals surface area contributed by atoms with E-state index in [1.54, 1.807) is 30.3 Å². The van der Waals surface area contributed by atoms with Crippen LogP contribution in [0.3, 0.4) is 0 Å². The van der Waals surface area contributed by atoms with Crippen LogP contribution in [-0.4, -0.2) is 26.6 Å². The van der Waals surface area contributed by atoms with Gasteiger partial charge in [0.2, 0.25) is 26.6 Å². The second kappa shape index (κ2) is 9.04. The molecule has 0 saturated carbocycles. The number of nitrogens with zero attached hydrogens (tertiary/aromatic N) is 1. The van der Waals surface area contributed by atoms with Crippen molar-refractivity contribution in [2.24, 2.45) is 0 Å². The molecule has 0 saturated heterocycles. The Morgan fingerprint density at radius 1 is 0.941 bits per heavy atom. The molecule has 0 amide bonds. The lowest BCUT2D eigenvalue weighted by molar-refractivity contribution is 0.171. The number of benzene rings is 3. The van der Waals surface area contributed by atoms with Crippen LogP contribution in [0.5, 0.6) is 11.5 Å². The third-order valence-electron chi connectivity index (χ3n) is 5.41. The van der Waals surface area contributed by atoms with Crippen LogP contribution in [0.25, 0.3) is 11.5 Å². The van der Waals surface area contributed by atoms with E-state index in [0.29, 0.717) is 35.3 Å². The fourth-order valence-corrected chi connectivity index (χ4v) is 5.03. The van der Waals surface area contributed by atoms with E-state index in [1.807, 2.05) is 37.3 Å².